The molecule has 0 fully saturated rings. The van der Waals surface area contributed by atoms with E-state index in [0.29, 0.717) is 17.7 Å². The van der Waals surface area contributed by atoms with Gasteiger partial charge in [-0.2, -0.15) is 0 Å². The van der Waals surface area contributed by atoms with E-state index in [2.05, 4.69) is 18.3 Å². The summed E-state index contributed by atoms with van der Waals surface area (Å²) in [6.07, 6.45) is 0. The number of hydrogen-bond acceptors (Lipinski definition) is 4. The lowest BCUT2D eigenvalue weighted by molar-refractivity contribution is 0.0475. The summed E-state index contributed by atoms with van der Waals surface area (Å²) in [6.45, 7) is 2.45. The monoisotopic (exact) mass is 359 g/mol. The molecule has 1 N–H and O–H groups in total. The summed E-state index contributed by atoms with van der Waals surface area (Å²) in [5, 5.41) is 3.38. The first-order valence-corrected chi connectivity index (χ1v) is 8.77. The molecule has 3 aromatic rings. The van der Waals surface area contributed by atoms with Crippen molar-refractivity contribution in [1.29, 1.82) is 0 Å². The predicted molar refractivity (Wildman–Crippen MR) is 106 cm³/mol. The highest BCUT2D eigenvalue weighted by Gasteiger charge is 2.11. The van der Waals surface area contributed by atoms with Crippen LogP contribution in [0.1, 0.15) is 31.8 Å². The number of carbonyl (C=O) groups is 2. The number of carbonyl (C=O) groups excluding carboxylic acids is 2. The lowest BCUT2D eigenvalue weighted by atomic mass is 10.1. The molecule has 0 amide bonds. The second kappa shape index (κ2) is 8.81. The van der Waals surface area contributed by atoms with E-state index in [1.165, 1.54) is 5.56 Å². The maximum atomic E-state index is 12.1. The topological polar surface area (TPSA) is 55.4 Å². The predicted octanol–water partition coefficient (Wildman–Crippen LogP) is 4.65. The van der Waals surface area contributed by atoms with Gasteiger partial charge in [-0.1, -0.05) is 60.7 Å². The summed E-state index contributed by atoms with van der Waals surface area (Å²) >= 11 is 0. The van der Waals surface area contributed by atoms with Crippen LogP contribution >= 0.6 is 0 Å². The fourth-order valence-electron chi connectivity index (χ4n) is 2.65. The van der Waals surface area contributed by atoms with E-state index in [1.54, 1.807) is 36.4 Å². The Labute approximate surface area is 158 Å². The van der Waals surface area contributed by atoms with Crippen molar-refractivity contribution in [2.75, 3.05) is 11.9 Å². The Bertz CT molecular complexity index is 918. The molecule has 0 saturated carbocycles. The lowest BCUT2D eigenvalue weighted by Crippen LogP contribution is -2.14. The quantitative estimate of drug-likeness (QED) is 0.493. The standard InChI is InChI=1S/C23H21NO3/c1-17-7-5-6-10-21(17)24-15-18-11-13-20(14-12-18)23(26)27-16-22(25)19-8-3-2-4-9-19/h2-14,24H,15-16H2,1H3. The number of aryl methyl sites for hydroxylation is 1. The molecule has 0 aliphatic heterocycles. The zero-order chi connectivity index (χ0) is 19.1. The molecule has 0 aromatic heterocycles. The Morgan fingerprint density at radius 3 is 2.19 bits per heavy atom. The number of nitrogens with one attached hydrogen (secondary N) is 1. The van der Waals surface area contributed by atoms with Gasteiger partial charge in [0.2, 0.25) is 0 Å². The molecule has 0 saturated heterocycles. The highest BCUT2D eigenvalue weighted by atomic mass is 16.5. The van der Waals surface area contributed by atoms with E-state index < -0.39 is 5.97 Å². The maximum absolute atomic E-state index is 12.1. The number of rotatable bonds is 7. The van der Waals surface area contributed by atoms with Crippen LogP contribution in [0.2, 0.25) is 0 Å². The van der Waals surface area contributed by atoms with Crippen LogP contribution in [0.25, 0.3) is 0 Å². The number of ether oxygens (including phenoxy) is 1. The lowest BCUT2D eigenvalue weighted by Gasteiger charge is -2.10. The van der Waals surface area contributed by atoms with Crippen LogP contribution in [-0.2, 0) is 11.3 Å². The first-order valence-electron chi connectivity index (χ1n) is 8.77. The van der Waals surface area contributed by atoms with Gasteiger partial charge in [0.1, 0.15) is 0 Å². The normalized spacial score (nSPS) is 10.3. The molecule has 0 heterocycles. The molecule has 4 nitrogen and oxygen atoms in total. The van der Waals surface area contributed by atoms with Crippen molar-refractivity contribution in [2.24, 2.45) is 0 Å². The minimum atomic E-state index is -0.502. The number of ketones is 1. The molecule has 0 bridgehead atoms. The minimum Gasteiger partial charge on any atom is -0.454 e. The largest absolute Gasteiger partial charge is 0.454 e. The van der Waals surface area contributed by atoms with Crippen LogP contribution < -0.4 is 5.32 Å². The van der Waals surface area contributed by atoms with E-state index in [1.807, 2.05) is 36.4 Å². The summed E-state index contributed by atoms with van der Waals surface area (Å²) < 4.78 is 5.13. The Hall–Kier alpha value is -3.40. The first-order chi connectivity index (χ1) is 13.1. The van der Waals surface area contributed by atoms with Crippen molar-refractivity contribution >= 4 is 17.4 Å². The van der Waals surface area contributed by atoms with Gasteiger partial charge in [-0.25, -0.2) is 4.79 Å². The van der Waals surface area contributed by atoms with Crippen LogP contribution in [0.5, 0.6) is 0 Å². The third-order valence-corrected chi connectivity index (χ3v) is 4.25. The van der Waals surface area contributed by atoms with Crippen LogP contribution in [0.3, 0.4) is 0 Å². The third-order valence-electron chi connectivity index (χ3n) is 4.25. The third kappa shape index (κ3) is 5.05. The Morgan fingerprint density at radius 2 is 1.48 bits per heavy atom. The summed E-state index contributed by atoms with van der Waals surface area (Å²) in [5.41, 5.74) is 4.27. The SMILES string of the molecule is Cc1ccccc1NCc1ccc(C(=O)OCC(=O)c2ccccc2)cc1. The molecular formula is C23H21NO3. The van der Waals surface area contributed by atoms with Crippen LogP contribution in [0.4, 0.5) is 5.69 Å². The van der Waals surface area contributed by atoms with Gasteiger partial charge < -0.3 is 10.1 Å². The smallest absolute Gasteiger partial charge is 0.338 e. The molecule has 0 aliphatic carbocycles. The summed E-state index contributed by atoms with van der Waals surface area (Å²) in [7, 11) is 0. The molecular weight excluding hydrogens is 338 g/mol. The molecule has 0 spiro atoms. The first kappa shape index (κ1) is 18.4. The van der Waals surface area contributed by atoms with E-state index >= 15 is 0 Å². The molecule has 0 atom stereocenters. The Balaban J connectivity index is 1.53. The molecule has 4 heteroatoms. The van der Waals surface area contributed by atoms with Crippen LogP contribution in [0, 0.1) is 6.92 Å². The van der Waals surface area contributed by atoms with Gasteiger partial charge in [0.25, 0.3) is 0 Å². The molecule has 27 heavy (non-hydrogen) atoms. The van der Waals surface area contributed by atoms with Gasteiger partial charge in [0.05, 0.1) is 5.56 Å². The van der Waals surface area contributed by atoms with Crippen molar-refractivity contribution < 1.29 is 14.3 Å². The van der Waals surface area contributed by atoms with Gasteiger partial charge in [-0.15, -0.1) is 0 Å². The van der Waals surface area contributed by atoms with Gasteiger partial charge in [-0.3, -0.25) is 4.79 Å². The van der Waals surface area contributed by atoms with E-state index in [4.69, 9.17) is 4.74 Å². The Morgan fingerprint density at radius 1 is 0.815 bits per heavy atom. The minimum absolute atomic E-state index is 0.219. The molecule has 0 aliphatic rings. The van der Waals surface area contributed by atoms with Crippen molar-refractivity contribution in [3.05, 3.63) is 101 Å². The fourth-order valence-corrected chi connectivity index (χ4v) is 2.65. The van der Waals surface area contributed by atoms with Crippen molar-refractivity contribution in [1.82, 2.24) is 0 Å². The molecule has 3 rings (SSSR count). The van der Waals surface area contributed by atoms with Gasteiger partial charge >= 0.3 is 5.97 Å². The van der Waals surface area contributed by atoms with Gasteiger partial charge in [0, 0.05) is 17.8 Å². The van der Waals surface area contributed by atoms with Crippen LogP contribution in [0.15, 0.2) is 78.9 Å². The van der Waals surface area contributed by atoms with E-state index in [-0.39, 0.29) is 12.4 Å². The van der Waals surface area contributed by atoms with Gasteiger partial charge in [-0.05, 0) is 36.2 Å². The average Bonchev–Trinajstić information content (AvgIpc) is 2.72. The fraction of sp³-hybridized carbons (Fsp3) is 0.130. The number of Topliss-reactive ketones (excluding diaryl/α,β-unsaturated/α-hetero) is 1. The van der Waals surface area contributed by atoms with Crippen molar-refractivity contribution in [3.63, 3.8) is 0 Å². The number of para-hydroxylation sites is 1. The van der Waals surface area contributed by atoms with Gasteiger partial charge in [0.15, 0.2) is 12.4 Å². The molecule has 136 valence electrons. The number of anilines is 1. The number of benzene rings is 3. The van der Waals surface area contributed by atoms with Crippen molar-refractivity contribution in [2.45, 2.75) is 13.5 Å². The zero-order valence-corrected chi connectivity index (χ0v) is 15.1. The summed E-state index contributed by atoms with van der Waals surface area (Å²) in [5.74, 6) is -0.722. The average molecular weight is 359 g/mol. The summed E-state index contributed by atoms with van der Waals surface area (Å²) in [4.78, 5) is 24.1. The second-order valence-corrected chi connectivity index (χ2v) is 6.23. The molecule has 0 radical (unpaired) electrons. The number of esters is 1. The summed E-state index contributed by atoms with van der Waals surface area (Å²) in [6, 6.07) is 24.0. The zero-order valence-electron chi connectivity index (χ0n) is 15.1. The molecule has 3 aromatic carbocycles. The second-order valence-electron chi connectivity index (χ2n) is 6.23. The van der Waals surface area contributed by atoms with E-state index in [9.17, 15) is 9.59 Å². The maximum Gasteiger partial charge on any atom is 0.338 e. The number of hydrogen-bond donors (Lipinski definition) is 1. The highest BCUT2D eigenvalue weighted by molar-refractivity contribution is 5.99. The van der Waals surface area contributed by atoms with E-state index in [0.717, 1.165) is 11.3 Å². The van der Waals surface area contributed by atoms with Crippen molar-refractivity contribution in [3.8, 4) is 0 Å². The van der Waals surface area contributed by atoms with Crippen LogP contribution in [-0.4, -0.2) is 18.4 Å². The Kier molecular flexibility index (Phi) is 6.00. The highest BCUT2D eigenvalue weighted by Crippen LogP contribution is 2.15. The molecule has 0 unspecified atom stereocenters.